The Kier molecular flexibility index (Phi) is 3.31. The number of ether oxygens (including phenoxy) is 1. The summed E-state index contributed by atoms with van der Waals surface area (Å²) in [5.74, 6) is 0.309. The van der Waals surface area contributed by atoms with Gasteiger partial charge < -0.3 is 10.5 Å². The molecule has 0 radical (unpaired) electrons. The molecule has 1 aromatic rings. The summed E-state index contributed by atoms with van der Waals surface area (Å²) in [5.41, 5.74) is 7.44. The fourth-order valence-corrected chi connectivity index (χ4v) is 2.66. The predicted octanol–water partition coefficient (Wildman–Crippen LogP) is 3.11. The lowest BCUT2D eigenvalue weighted by molar-refractivity contribution is 0.101. The molecule has 1 aliphatic rings. The maximum Gasteiger partial charge on any atom is 0.205 e. The van der Waals surface area contributed by atoms with E-state index in [0.29, 0.717) is 16.9 Å². The summed E-state index contributed by atoms with van der Waals surface area (Å²) < 4.78 is 5.57. The second-order valence-corrected chi connectivity index (χ2v) is 6.07. The van der Waals surface area contributed by atoms with Crippen molar-refractivity contribution in [1.29, 1.82) is 5.26 Å². The maximum atomic E-state index is 11.7. The van der Waals surface area contributed by atoms with E-state index in [1.165, 1.54) is 6.92 Å². The smallest absolute Gasteiger partial charge is 0.205 e. The van der Waals surface area contributed by atoms with Crippen molar-refractivity contribution >= 4 is 5.78 Å². The molecule has 1 aliphatic heterocycles. The van der Waals surface area contributed by atoms with Gasteiger partial charge in [0.25, 0.3) is 0 Å². The molecule has 2 rings (SSSR count). The average molecular weight is 270 g/mol. The molecule has 4 heteroatoms. The first kappa shape index (κ1) is 14.1. The summed E-state index contributed by atoms with van der Waals surface area (Å²) in [7, 11) is 0. The molecule has 0 amide bonds. The maximum absolute atomic E-state index is 11.7. The number of allylic oxidation sites excluding steroid dienone is 1. The number of ketones is 1. The fraction of sp³-hybridized carbons (Fsp3) is 0.375. The molecule has 0 aliphatic carbocycles. The van der Waals surface area contributed by atoms with Crippen molar-refractivity contribution in [3.05, 3.63) is 40.8 Å². The van der Waals surface area contributed by atoms with Crippen LogP contribution in [0.4, 0.5) is 0 Å². The van der Waals surface area contributed by atoms with Crippen LogP contribution in [0.1, 0.15) is 49.5 Å². The third-order valence-corrected chi connectivity index (χ3v) is 3.49. The van der Waals surface area contributed by atoms with Crippen molar-refractivity contribution in [3.8, 4) is 11.8 Å². The van der Waals surface area contributed by atoms with Crippen LogP contribution in [0, 0.1) is 16.7 Å². The van der Waals surface area contributed by atoms with Crippen molar-refractivity contribution in [2.24, 2.45) is 11.1 Å². The number of nitriles is 1. The highest BCUT2D eigenvalue weighted by atomic mass is 16.5. The molecule has 0 aromatic heterocycles. The fourth-order valence-electron chi connectivity index (χ4n) is 2.66. The Morgan fingerprint density at radius 1 is 1.40 bits per heavy atom. The van der Waals surface area contributed by atoms with Crippen LogP contribution in [0.5, 0.6) is 5.75 Å². The van der Waals surface area contributed by atoms with Gasteiger partial charge in [0.15, 0.2) is 5.78 Å². The van der Waals surface area contributed by atoms with Crippen molar-refractivity contribution in [3.63, 3.8) is 0 Å². The minimum atomic E-state index is -0.205. The van der Waals surface area contributed by atoms with Crippen LogP contribution in [0.3, 0.4) is 0 Å². The zero-order valence-corrected chi connectivity index (χ0v) is 12.2. The third kappa shape index (κ3) is 2.16. The van der Waals surface area contributed by atoms with Gasteiger partial charge in [-0.2, -0.15) is 5.26 Å². The largest absolute Gasteiger partial charge is 0.439 e. The van der Waals surface area contributed by atoms with Gasteiger partial charge in [0, 0.05) is 11.5 Å². The van der Waals surface area contributed by atoms with Gasteiger partial charge in [-0.3, -0.25) is 4.79 Å². The van der Waals surface area contributed by atoms with E-state index in [1.807, 2.05) is 32.9 Å². The van der Waals surface area contributed by atoms with Crippen molar-refractivity contribution in [2.75, 3.05) is 0 Å². The molecule has 2 N–H and O–H groups in total. The molecule has 0 spiro atoms. The number of fused-ring (bicyclic) bond motifs is 1. The first-order chi connectivity index (χ1) is 9.27. The minimum Gasteiger partial charge on any atom is -0.439 e. The van der Waals surface area contributed by atoms with E-state index >= 15 is 0 Å². The van der Waals surface area contributed by atoms with Crippen LogP contribution in [0.2, 0.25) is 0 Å². The summed E-state index contributed by atoms with van der Waals surface area (Å²) in [6.45, 7) is 7.61. The molecule has 0 fully saturated rings. The summed E-state index contributed by atoms with van der Waals surface area (Å²) in [6.07, 6.45) is 0. The van der Waals surface area contributed by atoms with Gasteiger partial charge >= 0.3 is 0 Å². The standard InChI is InChI=1S/C16H18N2O2/c1-9(19)10-6-5-7-11-13(16(2,3)4)12(8-17)15(18)20-14(10)11/h5-7,13H,18H2,1-4H3. The lowest BCUT2D eigenvalue weighted by Crippen LogP contribution is -2.29. The lowest BCUT2D eigenvalue weighted by atomic mass is 9.71. The van der Waals surface area contributed by atoms with E-state index in [2.05, 4.69) is 6.07 Å². The van der Waals surface area contributed by atoms with E-state index in [-0.39, 0.29) is 23.0 Å². The van der Waals surface area contributed by atoms with E-state index in [4.69, 9.17) is 10.5 Å². The first-order valence-electron chi connectivity index (χ1n) is 6.48. The number of nitrogens with zero attached hydrogens (tertiary/aromatic N) is 1. The van der Waals surface area contributed by atoms with Crippen LogP contribution >= 0.6 is 0 Å². The normalized spacial score (nSPS) is 18.1. The van der Waals surface area contributed by atoms with Gasteiger partial charge in [-0.25, -0.2) is 0 Å². The van der Waals surface area contributed by atoms with Gasteiger partial charge in [-0.05, 0) is 18.4 Å². The Hall–Kier alpha value is -2.28. The molecule has 1 unspecified atom stereocenters. The second-order valence-electron chi connectivity index (χ2n) is 6.07. The summed E-state index contributed by atoms with van der Waals surface area (Å²) in [6, 6.07) is 7.56. The SMILES string of the molecule is CC(=O)c1cccc2c1OC(N)=C(C#N)C2C(C)(C)C. The predicted molar refractivity (Wildman–Crippen MR) is 76.1 cm³/mol. The third-order valence-electron chi connectivity index (χ3n) is 3.49. The number of carbonyl (C=O) groups excluding carboxylic acids is 1. The Bertz CT molecular complexity index is 645. The number of para-hydroxylation sites is 1. The molecule has 20 heavy (non-hydrogen) atoms. The highest BCUT2D eigenvalue weighted by Crippen LogP contribution is 2.48. The zero-order valence-electron chi connectivity index (χ0n) is 12.2. The number of nitrogens with two attached hydrogens (primary N) is 1. The Morgan fingerprint density at radius 3 is 2.55 bits per heavy atom. The van der Waals surface area contributed by atoms with E-state index < -0.39 is 0 Å². The van der Waals surface area contributed by atoms with Crippen molar-refractivity contribution < 1.29 is 9.53 Å². The second kappa shape index (κ2) is 4.68. The number of hydrogen-bond acceptors (Lipinski definition) is 4. The van der Waals surface area contributed by atoms with Crippen LogP contribution < -0.4 is 10.5 Å². The number of rotatable bonds is 1. The number of Topliss-reactive ketones (excluding diaryl/α,β-unsaturated/α-hetero) is 1. The van der Waals surface area contributed by atoms with Gasteiger partial charge in [0.2, 0.25) is 5.88 Å². The van der Waals surface area contributed by atoms with Gasteiger partial charge in [-0.15, -0.1) is 0 Å². The van der Waals surface area contributed by atoms with E-state index in [1.54, 1.807) is 6.07 Å². The van der Waals surface area contributed by atoms with Crippen molar-refractivity contribution in [1.82, 2.24) is 0 Å². The zero-order chi connectivity index (χ0) is 15.1. The number of carbonyl (C=O) groups is 1. The topological polar surface area (TPSA) is 76.1 Å². The van der Waals surface area contributed by atoms with Crippen LogP contribution in [0.15, 0.2) is 29.7 Å². The molecular weight excluding hydrogens is 252 g/mol. The molecule has 4 nitrogen and oxygen atoms in total. The Morgan fingerprint density at radius 2 is 2.05 bits per heavy atom. The van der Waals surface area contributed by atoms with E-state index in [0.717, 1.165) is 5.56 Å². The molecule has 1 heterocycles. The molecule has 1 atom stereocenters. The highest BCUT2D eigenvalue weighted by Gasteiger charge is 2.38. The van der Waals surface area contributed by atoms with E-state index in [9.17, 15) is 10.1 Å². The first-order valence-corrected chi connectivity index (χ1v) is 6.48. The minimum absolute atomic E-state index is 0.0808. The van der Waals surface area contributed by atoms with Gasteiger partial charge in [-0.1, -0.05) is 32.9 Å². The van der Waals surface area contributed by atoms with Crippen LogP contribution in [0.25, 0.3) is 0 Å². The summed E-state index contributed by atoms with van der Waals surface area (Å²) >= 11 is 0. The van der Waals surface area contributed by atoms with Crippen LogP contribution in [-0.2, 0) is 0 Å². The van der Waals surface area contributed by atoms with Crippen molar-refractivity contribution in [2.45, 2.75) is 33.6 Å². The lowest BCUT2D eigenvalue weighted by Gasteiger charge is -2.35. The van der Waals surface area contributed by atoms with Crippen LogP contribution in [-0.4, -0.2) is 5.78 Å². The highest BCUT2D eigenvalue weighted by molar-refractivity contribution is 5.97. The summed E-state index contributed by atoms with van der Waals surface area (Å²) in [4.78, 5) is 11.7. The Labute approximate surface area is 118 Å². The molecule has 104 valence electrons. The summed E-state index contributed by atoms with van der Waals surface area (Å²) in [5, 5.41) is 9.36. The Balaban J connectivity index is 2.74. The molecule has 1 aromatic carbocycles. The molecule has 0 bridgehead atoms. The number of hydrogen-bond donors (Lipinski definition) is 1. The molecular formula is C16H18N2O2. The molecule has 0 saturated heterocycles. The number of benzene rings is 1. The molecule has 0 saturated carbocycles. The average Bonchev–Trinajstić information content (AvgIpc) is 2.34. The quantitative estimate of drug-likeness (QED) is 0.795. The van der Waals surface area contributed by atoms with Gasteiger partial charge in [0.05, 0.1) is 11.1 Å². The monoisotopic (exact) mass is 270 g/mol. The van der Waals surface area contributed by atoms with Gasteiger partial charge in [0.1, 0.15) is 11.8 Å².